The van der Waals surface area contributed by atoms with E-state index in [1.807, 2.05) is 25.1 Å². The Labute approximate surface area is 479 Å². The molecule has 22 nitrogen and oxygen atoms in total. The fourth-order valence-corrected chi connectivity index (χ4v) is 12.1. The summed E-state index contributed by atoms with van der Waals surface area (Å²) in [6.07, 6.45) is 8.41. The predicted molar refractivity (Wildman–Crippen MR) is 306 cm³/mol. The molecule has 3 aliphatic rings. The van der Waals surface area contributed by atoms with Crippen molar-refractivity contribution < 1.29 is 57.2 Å². The molecule has 3 N–H and O–H groups in total. The molecule has 6 aromatic rings. The van der Waals surface area contributed by atoms with Gasteiger partial charge in [-0.15, -0.1) is 0 Å². The van der Waals surface area contributed by atoms with Gasteiger partial charge in [0.15, 0.2) is 0 Å². The Hall–Kier alpha value is -7.44. The number of aromatic nitrogens is 6. The highest BCUT2D eigenvalue weighted by Gasteiger charge is 2.62. The molecular formula is C54H63F4N13O9S3. The van der Waals surface area contributed by atoms with Gasteiger partial charge in [-0.1, -0.05) is 0 Å². The van der Waals surface area contributed by atoms with E-state index in [-0.39, 0.29) is 40.8 Å². The van der Waals surface area contributed by atoms with Crippen molar-refractivity contribution in [2.24, 2.45) is 11.8 Å². The zero-order chi connectivity index (χ0) is 61.1. The van der Waals surface area contributed by atoms with E-state index in [1.165, 1.54) is 63.9 Å². The lowest BCUT2D eigenvalue weighted by atomic mass is 10.1. The minimum Gasteiger partial charge on any atom is -0.311 e. The minimum atomic E-state index is -3.46. The molecule has 6 aromatic heterocycles. The van der Waals surface area contributed by atoms with Gasteiger partial charge in [-0.3, -0.25) is 33.6 Å². The van der Waals surface area contributed by atoms with Crippen LogP contribution in [0.1, 0.15) is 48.0 Å². The van der Waals surface area contributed by atoms with Crippen LogP contribution in [0.5, 0.6) is 0 Å². The number of pyridine rings is 6. The number of amides is 3. The van der Waals surface area contributed by atoms with E-state index in [2.05, 4.69) is 45.9 Å². The lowest BCUT2D eigenvalue weighted by molar-refractivity contribution is -0.120. The van der Waals surface area contributed by atoms with E-state index < -0.39 is 78.4 Å². The quantitative estimate of drug-likeness (QED) is 0.0889. The van der Waals surface area contributed by atoms with Crippen LogP contribution < -0.4 is 20.3 Å². The van der Waals surface area contributed by atoms with E-state index in [1.54, 1.807) is 82.0 Å². The largest absolute Gasteiger partial charge is 0.311 e. The summed E-state index contributed by atoms with van der Waals surface area (Å²) in [7, 11) is -0.705. The Morgan fingerprint density at radius 1 is 0.578 bits per heavy atom. The topological polar surface area (TPSA) is 280 Å². The van der Waals surface area contributed by atoms with Crippen molar-refractivity contribution in [2.45, 2.75) is 69.9 Å². The SMILES string of the molecule is CC(=O)Nc1cc(-c2cnc(C)c(N3CC(N(C)C)CS3(=O)=O)c2)ccn1.Cc1ncc(-c2ccnc(NC(=O)C3CC3(F)F)c2)cc1CS(=O)(=O)N(C)C.Cc1ncc(-c2ccnc(NC(=O)C3CC3(F)F)c2)cc1CS(=O)(=O)N(C)C. The van der Waals surface area contributed by atoms with Crippen LogP contribution in [0.15, 0.2) is 91.8 Å². The summed E-state index contributed by atoms with van der Waals surface area (Å²) in [4.78, 5) is 61.9. The Morgan fingerprint density at radius 3 is 1.28 bits per heavy atom. The van der Waals surface area contributed by atoms with Crippen molar-refractivity contribution in [1.29, 1.82) is 0 Å². The lowest BCUT2D eigenvalue weighted by Gasteiger charge is -2.21. The maximum absolute atomic E-state index is 13.0. The first-order chi connectivity index (χ1) is 38.7. The molecule has 3 unspecified atom stereocenters. The standard InChI is InChI=1S/2C18H20F2N4O3S.C18H23N5O3S/c2*1-11-14(10-28(26,27)24(2)3)6-13(9-22-11)12-4-5-21-16(7-12)23-17(25)15-8-18(15,19)20;1-12-17(23-10-16(22(3)4)11-27(23,25)26)7-15(9-20-12)14-5-6-19-18(8-14)21-13(2)24/h2*4-7,9,15H,8,10H2,1-3H3,(H,21,23,25);5-9,16H,10-11H2,1-4H3,(H,19,21,24). The van der Waals surface area contributed by atoms with Gasteiger partial charge in [0.05, 0.1) is 35.2 Å². The summed E-state index contributed by atoms with van der Waals surface area (Å²) >= 11 is 0. The molecule has 0 bridgehead atoms. The molecule has 2 aliphatic carbocycles. The molecule has 1 saturated heterocycles. The highest BCUT2D eigenvalue weighted by molar-refractivity contribution is 7.93. The fraction of sp³-hybridized carbons (Fsp3) is 0.389. The maximum Gasteiger partial charge on any atom is 0.260 e. The van der Waals surface area contributed by atoms with E-state index in [4.69, 9.17) is 0 Å². The number of halogens is 4. The zero-order valence-electron chi connectivity index (χ0n) is 47.0. The fourth-order valence-electron chi connectivity index (χ4n) is 8.24. The van der Waals surface area contributed by atoms with Crippen molar-refractivity contribution in [2.75, 3.05) is 74.8 Å². The van der Waals surface area contributed by atoms with Crippen LogP contribution in [0.25, 0.3) is 33.4 Å². The number of hydrogen-bond acceptors (Lipinski definition) is 16. The van der Waals surface area contributed by atoms with Gasteiger partial charge in [0, 0.05) is 119 Å². The third kappa shape index (κ3) is 16.0. The zero-order valence-corrected chi connectivity index (χ0v) is 49.5. The van der Waals surface area contributed by atoms with Crippen LogP contribution >= 0.6 is 0 Å². The van der Waals surface area contributed by atoms with E-state index in [0.29, 0.717) is 68.5 Å². The number of hydrogen-bond donors (Lipinski definition) is 3. The number of rotatable bonds is 16. The third-order valence-corrected chi connectivity index (χ3v) is 19.1. The maximum atomic E-state index is 13.0. The molecule has 0 radical (unpaired) electrons. The van der Waals surface area contributed by atoms with Crippen LogP contribution in [0.2, 0.25) is 0 Å². The molecule has 9 rings (SSSR count). The van der Waals surface area contributed by atoms with Crippen LogP contribution in [-0.2, 0) is 56.0 Å². The van der Waals surface area contributed by atoms with Crippen molar-refractivity contribution in [3.63, 3.8) is 0 Å². The van der Waals surface area contributed by atoms with E-state index in [9.17, 15) is 57.2 Å². The van der Waals surface area contributed by atoms with Crippen molar-refractivity contribution in [1.82, 2.24) is 43.4 Å². The van der Waals surface area contributed by atoms with Crippen LogP contribution in [-0.4, -0.2) is 159 Å². The smallest absolute Gasteiger partial charge is 0.260 e. The average Bonchev–Trinajstić information content (AvgIpc) is 4.43. The van der Waals surface area contributed by atoms with Gasteiger partial charge < -0.3 is 20.9 Å². The Kier molecular flexibility index (Phi) is 18.9. The molecule has 1 aliphatic heterocycles. The number of carbonyl (C=O) groups is 3. The monoisotopic (exact) mass is 1210 g/mol. The summed E-state index contributed by atoms with van der Waals surface area (Å²) in [6, 6.07) is 15.1. The minimum absolute atomic E-state index is 0.0645. The summed E-state index contributed by atoms with van der Waals surface area (Å²) in [6.45, 7) is 7.05. The van der Waals surface area contributed by atoms with Crippen molar-refractivity contribution >= 4 is 70.9 Å². The molecule has 0 spiro atoms. The molecule has 0 aromatic carbocycles. The highest BCUT2D eigenvalue weighted by Crippen LogP contribution is 2.50. The lowest BCUT2D eigenvalue weighted by Crippen LogP contribution is -2.33. The highest BCUT2D eigenvalue weighted by atomic mass is 32.2. The van der Waals surface area contributed by atoms with E-state index in [0.717, 1.165) is 19.7 Å². The number of sulfonamides is 3. The molecule has 3 fully saturated rings. The molecule has 7 heterocycles. The molecule has 3 amide bonds. The van der Waals surface area contributed by atoms with Gasteiger partial charge in [-0.05, 0) is 117 Å². The summed E-state index contributed by atoms with van der Waals surface area (Å²) in [5, 5.41) is 7.44. The average molecular weight is 1210 g/mol. The number of nitrogens with zero attached hydrogens (tertiary/aromatic N) is 10. The summed E-state index contributed by atoms with van der Waals surface area (Å²) < 4.78 is 130. The number of alkyl halides is 4. The molecule has 83 heavy (non-hydrogen) atoms. The first-order valence-corrected chi connectivity index (χ1v) is 30.4. The van der Waals surface area contributed by atoms with Gasteiger partial charge in [0.25, 0.3) is 11.8 Å². The van der Waals surface area contributed by atoms with Crippen LogP contribution in [0, 0.1) is 32.6 Å². The van der Waals surface area contributed by atoms with E-state index >= 15 is 0 Å². The first kappa shape index (κ1) is 63.1. The molecule has 444 valence electrons. The molecule has 3 atom stereocenters. The van der Waals surface area contributed by atoms with Crippen molar-refractivity contribution in [3.05, 3.63) is 120 Å². The summed E-state index contributed by atoms with van der Waals surface area (Å²) in [5.41, 5.74) is 7.57. The Balaban J connectivity index is 0.000000179. The number of carbonyl (C=O) groups excluding carboxylic acids is 3. The van der Waals surface area contributed by atoms with Crippen molar-refractivity contribution in [3.8, 4) is 33.4 Å². The normalized spacial score (nSPS) is 18.3. The number of anilines is 4. The second kappa shape index (κ2) is 24.8. The van der Waals surface area contributed by atoms with Gasteiger partial charge in [-0.25, -0.2) is 66.4 Å². The molecule has 29 heteroatoms. The van der Waals surface area contributed by atoms with Gasteiger partial charge in [0.1, 0.15) is 29.3 Å². The molecule has 2 saturated carbocycles. The first-order valence-electron chi connectivity index (χ1n) is 25.6. The van der Waals surface area contributed by atoms with Crippen LogP contribution in [0.4, 0.5) is 40.7 Å². The number of nitrogens with one attached hydrogen (secondary N) is 3. The van der Waals surface area contributed by atoms with Gasteiger partial charge in [0.2, 0.25) is 47.8 Å². The summed E-state index contributed by atoms with van der Waals surface area (Å²) in [5.74, 6) is -9.86. The van der Waals surface area contributed by atoms with Gasteiger partial charge in [-0.2, -0.15) is 0 Å². The second-order valence-corrected chi connectivity index (χ2v) is 27.1. The van der Waals surface area contributed by atoms with Crippen LogP contribution in [0.3, 0.4) is 0 Å². The number of aryl methyl sites for hydroxylation is 3. The molecular weight excluding hydrogens is 1150 g/mol. The van der Waals surface area contributed by atoms with Gasteiger partial charge >= 0.3 is 0 Å². The second-order valence-electron chi connectivity index (χ2n) is 20.8. The Morgan fingerprint density at radius 2 is 0.940 bits per heavy atom. The predicted octanol–water partition coefficient (Wildman–Crippen LogP) is 6.36. The number of likely N-dealkylation sites (N-methyl/N-ethyl adjacent to an activating group) is 1. The third-order valence-electron chi connectivity index (χ3n) is 13.7. The Bertz CT molecular complexity index is 3640.